The summed E-state index contributed by atoms with van der Waals surface area (Å²) in [6.07, 6.45) is 0. The standard InChI is InChI=1S/C5H14NO.ClH/c1-6(2,3)4-5-7;/h7H,4-5H2,1-3H3;1H/q+1;/p-1/i1D2,2D3,3D3,4D2,5D2,7D;. The monoisotopic (exact) mass is 152 g/mol. The first-order valence-electron chi connectivity index (χ1n) is 7.95. The molecule has 0 aromatic heterocycles. The van der Waals surface area contributed by atoms with Gasteiger partial charge in [0.05, 0.1) is 44.0 Å². The van der Waals surface area contributed by atoms with Crippen LogP contribution in [0.1, 0.15) is 16.4 Å². The van der Waals surface area contributed by atoms with E-state index in [-0.39, 0.29) is 12.4 Å². The van der Waals surface area contributed by atoms with Crippen LogP contribution >= 0.6 is 0 Å². The Hall–Kier alpha value is 0.210. The summed E-state index contributed by atoms with van der Waals surface area (Å²) in [6, 6.07) is 0. The molecule has 0 amide bonds. The van der Waals surface area contributed by atoms with E-state index < -0.39 is 38.5 Å². The van der Waals surface area contributed by atoms with Gasteiger partial charge in [0.15, 0.2) is 0 Å². The van der Waals surface area contributed by atoms with Crippen molar-refractivity contribution in [3.63, 3.8) is 0 Å². The van der Waals surface area contributed by atoms with Crippen LogP contribution < -0.4 is 12.4 Å². The smallest absolute Gasteiger partial charge is 0.210 e. The summed E-state index contributed by atoms with van der Waals surface area (Å²) in [5.74, 6) is 0. The second-order valence-corrected chi connectivity index (χ2v) is 0.937. The van der Waals surface area contributed by atoms with Gasteiger partial charge >= 0.3 is 0 Å². The molecule has 0 aliphatic heterocycles. The molecule has 0 atom stereocenters. The fraction of sp³-hybridized carbons (Fsp3) is 1.00. The third-order valence-electron chi connectivity index (χ3n) is 0.222. The third-order valence-corrected chi connectivity index (χ3v) is 0.222. The van der Waals surface area contributed by atoms with Gasteiger partial charge in [-0.25, -0.2) is 0 Å². The van der Waals surface area contributed by atoms with Gasteiger partial charge in [0.1, 0.15) is 6.50 Å². The molecule has 0 heterocycles. The minimum absolute atomic E-state index is 0. The van der Waals surface area contributed by atoms with E-state index in [1.807, 2.05) is 0 Å². The summed E-state index contributed by atoms with van der Waals surface area (Å²) in [7, 11) is 0. The number of nitrogens with zero attached hydrogens (tertiary/aromatic N) is 1. The molecule has 0 bridgehead atoms. The summed E-state index contributed by atoms with van der Waals surface area (Å²) < 4.78 is 90.8. The molecule has 3 heteroatoms. The van der Waals surface area contributed by atoms with Crippen molar-refractivity contribution >= 4 is 0 Å². The predicted octanol–water partition coefficient (Wildman–Crippen LogP) is -3.31. The molecule has 0 rings (SSSR count). The van der Waals surface area contributed by atoms with Crippen LogP contribution in [-0.4, -0.2) is 45.0 Å². The van der Waals surface area contributed by atoms with E-state index in [9.17, 15) is 0 Å². The molecule has 2 nitrogen and oxygen atoms in total. The molecule has 0 saturated carbocycles. The third kappa shape index (κ3) is 9.51. The number of hydrogen-bond acceptors (Lipinski definition) is 1. The topological polar surface area (TPSA) is 20.2 Å². The van der Waals surface area contributed by atoms with Gasteiger partial charge in [0.2, 0.25) is 1.43 Å². The van der Waals surface area contributed by atoms with Crippen molar-refractivity contribution in [2.75, 3.05) is 34.0 Å². The van der Waals surface area contributed by atoms with Gasteiger partial charge in [-0.2, -0.15) is 0 Å². The molecule has 1 N–H and O–H groups in total. The summed E-state index contributed by atoms with van der Waals surface area (Å²) in [5, 5.41) is 3.48. The lowest BCUT2D eigenvalue weighted by Crippen LogP contribution is -3.00. The summed E-state index contributed by atoms with van der Waals surface area (Å²) in [5.41, 5.74) is 0. The maximum Gasteiger partial charge on any atom is 0.210 e. The van der Waals surface area contributed by atoms with Crippen molar-refractivity contribution in [3.8, 4) is 0 Å². The number of rotatable bonds is 3. The first-order chi connectivity index (χ1) is 8.50. The Morgan fingerprint density at radius 3 is 3.00 bits per heavy atom. The molecule has 8 heavy (non-hydrogen) atoms. The first-order valence-corrected chi connectivity index (χ1v) is 1.38. The summed E-state index contributed by atoms with van der Waals surface area (Å²) in [4.78, 5) is 0. The van der Waals surface area contributed by atoms with Crippen LogP contribution in [0.3, 0.4) is 0 Å². The lowest BCUT2D eigenvalue weighted by atomic mass is 10.5. The maximum atomic E-state index is 7.53. The predicted molar refractivity (Wildman–Crippen MR) is 30.0 cm³/mol. The number of likely N-dealkylation sites (N-methyl/N-ethyl adjacent to an activating group) is 1. The number of hydrogen-bond donors (Lipinski definition) is 1. The molecule has 0 aliphatic carbocycles. The fourth-order valence-electron chi connectivity index (χ4n) is 0.0720. The zero-order valence-electron chi connectivity index (χ0n) is 16.8. The molecule has 0 fully saturated rings. The fourth-order valence-corrected chi connectivity index (χ4v) is 0.0720. The molecular weight excluding hydrogens is 126 g/mol. The molecule has 0 aromatic rings. The normalized spacial score (nSPS) is 41.4. The zero-order valence-corrected chi connectivity index (χ0v) is 4.57. The highest BCUT2D eigenvalue weighted by atomic mass is 35.5. The Morgan fingerprint density at radius 2 is 2.62 bits per heavy atom. The molecule has 0 saturated heterocycles. The van der Waals surface area contributed by atoms with E-state index in [4.69, 9.17) is 17.9 Å². The maximum absolute atomic E-state index is 7.53. The Morgan fingerprint density at radius 1 is 1.88 bits per heavy atom. The average molecular weight is 153 g/mol. The molecule has 0 radical (unpaired) electrons. The van der Waals surface area contributed by atoms with E-state index in [2.05, 4.69) is 5.11 Å². The quantitative estimate of drug-likeness (QED) is 0.420. The molecule has 0 spiro atoms. The Labute approximate surface area is 75.5 Å². The van der Waals surface area contributed by atoms with Gasteiger partial charge in [-0.15, -0.1) is 0 Å². The van der Waals surface area contributed by atoms with Crippen molar-refractivity contribution < 1.29 is 38.4 Å². The van der Waals surface area contributed by atoms with Crippen LogP contribution in [0.25, 0.3) is 0 Å². The van der Waals surface area contributed by atoms with E-state index in [0.29, 0.717) is 0 Å². The van der Waals surface area contributed by atoms with Crippen molar-refractivity contribution in [2.45, 2.75) is 0 Å². The van der Waals surface area contributed by atoms with Crippen molar-refractivity contribution in [2.24, 2.45) is 0 Å². The average Bonchev–Trinajstić information content (AvgIpc) is 2.11. The highest BCUT2D eigenvalue weighted by Gasteiger charge is 2.02. The first kappa shape index (κ1) is 1.16. The van der Waals surface area contributed by atoms with E-state index >= 15 is 0 Å². The van der Waals surface area contributed by atoms with Crippen LogP contribution in [0, 0.1) is 0 Å². The molecule has 52 valence electrons. The number of aliphatic hydroxyl groups is 1. The molecule has 0 aliphatic rings. The highest BCUT2D eigenvalue weighted by molar-refractivity contribution is 4.19. The minimum atomic E-state index is -3.89. The van der Waals surface area contributed by atoms with Crippen LogP contribution in [0.2, 0.25) is 0 Å². The Kier molecular flexibility index (Phi) is 0.596. The molecule has 0 unspecified atom stereocenters. The lowest BCUT2D eigenvalue weighted by molar-refractivity contribution is -0.870. The SMILES string of the molecule is [2H]OC([2H])([2H])C([2H])([2H])[N+](C([2H])[2H])(C([2H])([2H])[2H])C([2H])([2H])[2H].[Cl-]. The Bertz CT molecular complexity index is 333. The van der Waals surface area contributed by atoms with Crippen LogP contribution in [-0.2, 0) is 0 Å². The van der Waals surface area contributed by atoms with Crippen LogP contribution in [0.4, 0.5) is 0 Å². The molecule has 0 aromatic carbocycles. The van der Waals surface area contributed by atoms with Gasteiger partial charge in [-0.1, -0.05) is 0 Å². The number of quaternary nitrogens is 1. The van der Waals surface area contributed by atoms with E-state index in [1.54, 1.807) is 0 Å². The second kappa shape index (κ2) is 4.13. The van der Waals surface area contributed by atoms with E-state index in [0.717, 1.165) is 0 Å². The molecular formula is C5H14ClNO. The highest BCUT2D eigenvalue weighted by Crippen LogP contribution is 1.84. The number of halogens is 1. The van der Waals surface area contributed by atoms with Gasteiger partial charge in [-0.05, 0) is 0 Å². The van der Waals surface area contributed by atoms with E-state index in [1.165, 1.54) is 0 Å². The lowest BCUT2D eigenvalue weighted by Gasteiger charge is -2.21. The minimum Gasteiger partial charge on any atom is -1.00 e. The van der Waals surface area contributed by atoms with Crippen LogP contribution in [0.5, 0.6) is 0 Å². The van der Waals surface area contributed by atoms with Crippen molar-refractivity contribution in [1.82, 2.24) is 0 Å². The van der Waals surface area contributed by atoms with Crippen molar-refractivity contribution in [1.29, 1.82) is 1.43 Å². The summed E-state index contributed by atoms with van der Waals surface area (Å²) in [6.45, 7) is -17.9. The second-order valence-electron chi connectivity index (χ2n) is 0.937. The largest absolute Gasteiger partial charge is 1.00 e. The Balaban J connectivity index is 0. The van der Waals surface area contributed by atoms with Crippen molar-refractivity contribution in [3.05, 3.63) is 0 Å². The van der Waals surface area contributed by atoms with Gasteiger partial charge < -0.3 is 22.0 Å². The summed E-state index contributed by atoms with van der Waals surface area (Å²) >= 11 is 0. The van der Waals surface area contributed by atoms with Gasteiger partial charge in [0.25, 0.3) is 0 Å². The van der Waals surface area contributed by atoms with Gasteiger partial charge in [0, 0.05) is 0 Å². The zero-order chi connectivity index (χ0) is 16.8. The van der Waals surface area contributed by atoms with Crippen LogP contribution in [0.15, 0.2) is 0 Å². The van der Waals surface area contributed by atoms with Gasteiger partial charge in [-0.3, -0.25) is 0 Å².